The standard InChI is InChI=1S/C11H16FNO/c1-8(2)10-4-3-9(7-11(10)12)14-6-5-13/h3-4,7-8H,5-6,13H2,1-2H3. The SMILES string of the molecule is CC(C)c1ccc(OCCN)cc1F. The van der Waals surface area contributed by atoms with Crippen molar-refractivity contribution >= 4 is 0 Å². The summed E-state index contributed by atoms with van der Waals surface area (Å²) in [5.74, 6) is 0.519. The van der Waals surface area contributed by atoms with Gasteiger partial charge in [-0.25, -0.2) is 4.39 Å². The van der Waals surface area contributed by atoms with Gasteiger partial charge in [-0.3, -0.25) is 0 Å². The highest BCUT2D eigenvalue weighted by atomic mass is 19.1. The van der Waals surface area contributed by atoms with E-state index in [4.69, 9.17) is 10.5 Å². The number of hydrogen-bond acceptors (Lipinski definition) is 2. The van der Waals surface area contributed by atoms with Crippen molar-refractivity contribution < 1.29 is 9.13 Å². The van der Waals surface area contributed by atoms with Crippen molar-refractivity contribution in [3.05, 3.63) is 29.6 Å². The third-order valence-corrected chi connectivity index (χ3v) is 1.98. The molecule has 0 radical (unpaired) electrons. The van der Waals surface area contributed by atoms with Crippen LogP contribution in [0.25, 0.3) is 0 Å². The number of benzene rings is 1. The van der Waals surface area contributed by atoms with Crippen LogP contribution in [0, 0.1) is 5.82 Å². The van der Waals surface area contributed by atoms with E-state index in [1.807, 2.05) is 13.8 Å². The number of rotatable bonds is 4. The first kappa shape index (κ1) is 11.0. The van der Waals surface area contributed by atoms with Crippen LogP contribution in [0.5, 0.6) is 5.75 Å². The maximum absolute atomic E-state index is 13.4. The summed E-state index contributed by atoms with van der Waals surface area (Å²) in [5, 5.41) is 0. The van der Waals surface area contributed by atoms with Crippen LogP contribution in [0.15, 0.2) is 18.2 Å². The second kappa shape index (κ2) is 4.96. The summed E-state index contributed by atoms with van der Waals surface area (Å²) >= 11 is 0. The minimum atomic E-state index is -0.213. The molecule has 0 atom stereocenters. The number of hydrogen-bond donors (Lipinski definition) is 1. The zero-order valence-electron chi connectivity index (χ0n) is 8.59. The summed E-state index contributed by atoms with van der Waals surface area (Å²) in [7, 11) is 0. The Morgan fingerprint density at radius 2 is 2.14 bits per heavy atom. The van der Waals surface area contributed by atoms with Crippen LogP contribution in [-0.2, 0) is 0 Å². The summed E-state index contributed by atoms with van der Waals surface area (Å²) in [4.78, 5) is 0. The Hall–Kier alpha value is -1.09. The Balaban J connectivity index is 2.78. The molecule has 0 heterocycles. The van der Waals surface area contributed by atoms with E-state index in [0.717, 1.165) is 0 Å². The Morgan fingerprint density at radius 1 is 1.43 bits per heavy atom. The van der Waals surface area contributed by atoms with E-state index in [1.165, 1.54) is 6.07 Å². The van der Waals surface area contributed by atoms with Crippen molar-refractivity contribution in [3.63, 3.8) is 0 Å². The Labute approximate surface area is 83.9 Å². The highest BCUT2D eigenvalue weighted by molar-refractivity contribution is 5.30. The van der Waals surface area contributed by atoms with E-state index in [0.29, 0.717) is 24.5 Å². The van der Waals surface area contributed by atoms with Crippen LogP contribution in [0.3, 0.4) is 0 Å². The van der Waals surface area contributed by atoms with E-state index in [-0.39, 0.29) is 11.7 Å². The lowest BCUT2D eigenvalue weighted by Gasteiger charge is -2.09. The highest BCUT2D eigenvalue weighted by Crippen LogP contribution is 2.22. The van der Waals surface area contributed by atoms with Gasteiger partial charge in [0.2, 0.25) is 0 Å². The molecular formula is C11H16FNO. The molecule has 14 heavy (non-hydrogen) atoms. The van der Waals surface area contributed by atoms with E-state index in [1.54, 1.807) is 12.1 Å². The van der Waals surface area contributed by atoms with Gasteiger partial charge in [0.1, 0.15) is 18.2 Å². The first-order valence-electron chi connectivity index (χ1n) is 4.77. The van der Waals surface area contributed by atoms with Gasteiger partial charge in [0.25, 0.3) is 0 Å². The zero-order chi connectivity index (χ0) is 10.6. The zero-order valence-corrected chi connectivity index (χ0v) is 8.59. The second-order valence-corrected chi connectivity index (χ2v) is 3.48. The molecule has 0 aliphatic heterocycles. The average Bonchev–Trinajstić information content (AvgIpc) is 2.14. The quantitative estimate of drug-likeness (QED) is 0.803. The Bertz CT molecular complexity index is 299. The highest BCUT2D eigenvalue weighted by Gasteiger charge is 2.07. The van der Waals surface area contributed by atoms with Crippen LogP contribution < -0.4 is 10.5 Å². The molecule has 0 bridgehead atoms. The van der Waals surface area contributed by atoms with Crippen LogP contribution >= 0.6 is 0 Å². The fourth-order valence-electron chi connectivity index (χ4n) is 1.24. The molecule has 1 rings (SSSR count). The maximum Gasteiger partial charge on any atom is 0.130 e. The van der Waals surface area contributed by atoms with Gasteiger partial charge in [-0.2, -0.15) is 0 Å². The Kier molecular flexibility index (Phi) is 3.89. The van der Waals surface area contributed by atoms with Gasteiger partial charge in [-0.1, -0.05) is 19.9 Å². The number of halogens is 1. The minimum absolute atomic E-state index is 0.193. The predicted molar refractivity (Wildman–Crippen MR) is 55.0 cm³/mol. The van der Waals surface area contributed by atoms with Gasteiger partial charge in [-0.15, -0.1) is 0 Å². The molecule has 0 saturated carbocycles. The topological polar surface area (TPSA) is 35.2 Å². The van der Waals surface area contributed by atoms with Crippen molar-refractivity contribution in [3.8, 4) is 5.75 Å². The third kappa shape index (κ3) is 2.70. The normalized spacial score (nSPS) is 10.6. The summed E-state index contributed by atoms with van der Waals surface area (Å²) in [5.41, 5.74) is 5.99. The lowest BCUT2D eigenvalue weighted by atomic mass is 10.0. The largest absolute Gasteiger partial charge is 0.492 e. The predicted octanol–water partition coefficient (Wildman–Crippen LogP) is 2.29. The van der Waals surface area contributed by atoms with Gasteiger partial charge in [0.15, 0.2) is 0 Å². The van der Waals surface area contributed by atoms with Crippen LogP contribution in [-0.4, -0.2) is 13.2 Å². The molecule has 3 heteroatoms. The number of ether oxygens (including phenoxy) is 1. The van der Waals surface area contributed by atoms with Gasteiger partial charge in [-0.05, 0) is 17.5 Å². The summed E-state index contributed by atoms with van der Waals surface area (Å²) in [6.45, 7) is 4.77. The number of nitrogens with two attached hydrogens (primary N) is 1. The van der Waals surface area contributed by atoms with Crippen molar-refractivity contribution in [2.75, 3.05) is 13.2 Å². The van der Waals surface area contributed by atoms with E-state index in [9.17, 15) is 4.39 Å². The van der Waals surface area contributed by atoms with Crippen molar-refractivity contribution in [1.29, 1.82) is 0 Å². The van der Waals surface area contributed by atoms with E-state index < -0.39 is 0 Å². The van der Waals surface area contributed by atoms with Gasteiger partial charge in [0.05, 0.1) is 0 Å². The lowest BCUT2D eigenvalue weighted by molar-refractivity contribution is 0.326. The average molecular weight is 197 g/mol. The van der Waals surface area contributed by atoms with Crippen molar-refractivity contribution in [2.45, 2.75) is 19.8 Å². The lowest BCUT2D eigenvalue weighted by Crippen LogP contribution is -2.10. The first-order chi connectivity index (χ1) is 6.65. The van der Waals surface area contributed by atoms with Crippen LogP contribution in [0.1, 0.15) is 25.3 Å². The monoisotopic (exact) mass is 197 g/mol. The summed E-state index contributed by atoms with van der Waals surface area (Å²) in [6, 6.07) is 4.94. The first-order valence-corrected chi connectivity index (χ1v) is 4.77. The van der Waals surface area contributed by atoms with Gasteiger partial charge in [0, 0.05) is 12.6 Å². The molecule has 0 aromatic heterocycles. The van der Waals surface area contributed by atoms with Crippen LogP contribution in [0.4, 0.5) is 4.39 Å². The molecule has 2 N–H and O–H groups in total. The smallest absolute Gasteiger partial charge is 0.130 e. The molecule has 1 aromatic carbocycles. The minimum Gasteiger partial charge on any atom is -0.492 e. The molecule has 1 aromatic rings. The molecule has 2 nitrogen and oxygen atoms in total. The van der Waals surface area contributed by atoms with Crippen molar-refractivity contribution in [1.82, 2.24) is 0 Å². The maximum atomic E-state index is 13.4. The fraction of sp³-hybridized carbons (Fsp3) is 0.455. The van der Waals surface area contributed by atoms with E-state index in [2.05, 4.69) is 0 Å². The summed E-state index contributed by atoms with van der Waals surface area (Å²) in [6.07, 6.45) is 0. The molecular weight excluding hydrogens is 181 g/mol. The molecule has 0 unspecified atom stereocenters. The molecule has 78 valence electrons. The van der Waals surface area contributed by atoms with Crippen LogP contribution in [0.2, 0.25) is 0 Å². The van der Waals surface area contributed by atoms with E-state index >= 15 is 0 Å². The summed E-state index contributed by atoms with van der Waals surface area (Å²) < 4.78 is 18.6. The Morgan fingerprint density at radius 3 is 2.64 bits per heavy atom. The van der Waals surface area contributed by atoms with Gasteiger partial charge >= 0.3 is 0 Å². The third-order valence-electron chi connectivity index (χ3n) is 1.98. The second-order valence-electron chi connectivity index (χ2n) is 3.48. The van der Waals surface area contributed by atoms with Crippen molar-refractivity contribution in [2.24, 2.45) is 5.73 Å². The molecule has 0 amide bonds. The van der Waals surface area contributed by atoms with Gasteiger partial charge < -0.3 is 10.5 Å². The molecule has 0 spiro atoms. The molecule has 0 aliphatic rings. The molecule has 0 fully saturated rings. The molecule has 0 aliphatic carbocycles. The fourth-order valence-corrected chi connectivity index (χ4v) is 1.24. The molecule has 0 saturated heterocycles.